The molecule has 2 bridgehead atoms. The molecule has 1 aromatic rings. The Morgan fingerprint density at radius 2 is 1.71 bits per heavy atom. The third kappa shape index (κ3) is 4.51. The predicted octanol–water partition coefficient (Wildman–Crippen LogP) is 5.95. The number of rotatable bonds is 4. The Hall–Kier alpha value is -1.55. The molecule has 5 rings (SSSR count). The van der Waals surface area contributed by atoms with Crippen molar-refractivity contribution in [1.82, 2.24) is 0 Å². The molecular weight excluding hydrogens is 536 g/mol. The molecule has 1 saturated heterocycles. The molecule has 8 heteroatoms. The largest absolute Gasteiger partial charge is 0.497 e. The number of carbonyl (C=O) groups excluding carboxylic acids is 1. The van der Waals surface area contributed by atoms with Crippen LogP contribution < -0.4 is 4.74 Å². The van der Waals surface area contributed by atoms with Crippen molar-refractivity contribution in [2.45, 2.75) is 122 Å². The van der Waals surface area contributed by atoms with E-state index in [9.17, 15) is 15.0 Å². The van der Waals surface area contributed by atoms with Gasteiger partial charge in [0, 0.05) is 22.3 Å². The van der Waals surface area contributed by atoms with Gasteiger partial charge in [0.05, 0.1) is 25.4 Å². The molecule has 1 aromatic carbocycles. The van der Waals surface area contributed by atoms with Crippen molar-refractivity contribution in [3.63, 3.8) is 0 Å². The molecule has 228 valence electrons. The van der Waals surface area contributed by atoms with Gasteiger partial charge in [-0.15, -0.1) is 0 Å². The molecule has 9 atom stereocenters. The maximum atomic E-state index is 14.1. The second-order valence-corrected chi connectivity index (χ2v) is 20.0. The van der Waals surface area contributed by atoms with E-state index >= 15 is 0 Å². The van der Waals surface area contributed by atoms with Gasteiger partial charge < -0.3 is 28.8 Å². The molecule has 0 radical (unpaired) electrons. The number of aliphatic hydroxyl groups is 2. The van der Waals surface area contributed by atoms with Crippen LogP contribution in [0.3, 0.4) is 0 Å². The molecule has 0 amide bonds. The number of aliphatic hydroxyl groups excluding tert-OH is 1. The van der Waals surface area contributed by atoms with Gasteiger partial charge in [0.15, 0.2) is 20.4 Å². The fourth-order valence-electron chi connectivity index (χ4n) is 8.01. The Bertz CT molecular complexity index is 1190. The average molecular weight is 587 g/mol. The van der Waals surface area contributed by atoms with E-state index in [-0.39, 0.29) is 23.5 Å². The van der Waals surface area contributed by atoms with Crippen LogP contribution in [-0.2, 0) is 18.7 Å². The average Bonchev–Trinajstić information content (AvgIpc) is 3.43. The minimum Gasteiger partial charge on any atom is -0.497 e. The van der Waals surface area contributed by atoms with Crippen molar-refractivity contribution in [1.29, 1.82) is 0 Å². The van der Waals surface area contributed by atoms with Gasteiger partial charge in [0.2, 0.25) is 0 Å². The molecule has 1 heterocycles. The van der Waals surface area contributed by atoms with E-state index in [4.69, 9.17) is 18.6 Å². The highest BCUT2D eigenvalue weighted by molar-refractivity contribution is 6.74. The van der Waals surface area contributed by atoms with E-state index in [0.717, 1.165) is 23.3 Å². The lowest BCUT2D eigenvalue weighted by molar-refractivity contribution is -0.172. The highest BCUT2D eigenvalue weighted by atomic mass is 28.4. The first-order valence-electron chi connectivity index (χ1n) is 15.2. The number of ether oxygens (including phenoxy) is 3. The van der Waals surface area contributed by atoms with Gasteiger partial charge in [0.25, 0.3) is 0 Å². The third-order valence-electron chi connectivity index (χ3n) is 11.8. The Labute approximate surface area is 246 Å². The smallest absolute Gasteiger partial charge is 0.193 e. The summed E-state index contributed by atoms with van der Waals surface area (Å²) in [6.45, 7) is 21.5. The molecule has 4 fully saturated rings. The van der Waals surface area contributed by atoms with Crippen molar-refractivity contribution in [2.75, 3.05) is 7.11 Å². The van der Waals surface area contributed by atoms with E-state index in [0.29, 0.717) is 12.8 Å². The maximum Gasteiger partial charge on any atom is 0.193 e. The summed E-state index contributed by atoms with van der Waals surface area (Å²) in [4.78, 5) is 14.1. The number of Topliss-reactive ketones (excluding diaryl/α,β-unsaturated/α-hetero) is 1. The summed E-state index contributed by atoms with van der Waals surface area (Å²) in [5.41, 5.74) is -1.68. The summed E-state index contributed by atoms with van der Waals surface area (Å²) in [7, 11) is -0.633. The topological polar surface area (TPSA) is 94.5 Å². The number of ketones is 1. The lowest BCUT2D eigenvalue weighted by atomic mass is 9.57. The zero-order valence-corrected chi connectivity index (χ0v) is 27.3. The molecule has 3 saturated carbocycles. The zero-order chi connectivity index (χ0) is 30.3. The fourth-order valence-corrected chi connectivity index (χ4v) is 9.45. The van der Waals surface area contributed by atoms with Crippen molar-refractivity contribution in [2.24, 2.45) is 22.7 Å². The zero-order valence-electron chi connectivity index (χ0n) is 26.3. The Kier molecular flexibility index (Phi) is 7.53. The number of hydrogen-bond donors (Lipinski definition) is 2. The van der Waals surface area contributed by atoms with E-state index in [2.05, 4.69) is 47.4 Å². The summed E-state index contributed by atoms with van der Waals surface area (Å²) < 4.78 is 26.4. The highest BCUT2D eigenvalue weighted by Gasteiger charge is 2.70. The van der Waals surface area contributed by atoms with Crippen LogP contribution in [0.4, 0.5) is 0 Å². The Balaban J connectivity index is 1.68. The van der Waals surface area contributed by atoms with E-state index < -0.39 is 61.1 Å². The summed E-state index contributed by atoms with van der Waals surface area (Å²) >= 11 is 0. The van der Waals surface area contributed by atoms with E-state index in [1.54, 1.807) is 7.11 Å². The lowest BCUT2D eigenvalue weighted by Gasteiger charge is -2.55. The van der Waals surface area contributed by atoms with Gasteiger partial charge in [-0.05, 0) is 61.9 Å². The van der Waals surface area contributed by atoms with Gasteiger partial charge in [-0.2, -0.15) is 0 Å². The molecule has 7 nitrogen and oxygen atoms in total. The fraction of sp³-hybridized carbons (Fsp3) is 0.727. The molecular formula is C33H50O7Si. The number of benzene rings is 1. The summed E-state index contributed by atoms with van der Waals surface area (Å²) in [6, 6.07) is 7.69. The second-order valence-electron chi connectivity index (χ2n) is 15.2. The SMILES string of the molecule is C=C1CC[C@H](O[Si](C)(C)C(C)(C)C)[C@@]2(C)[C@H]3O[C@H](c4ccc(OC)cc4)O[C@@H]3C3CC[C@@](O)(C(=O)[C@@H](O)[C@H]12)C3(C)C. The van der Waals surface area contributed by atoms with Gasteiger partial charge in [0.1, 0.15) is 17.5 Å². The molecule has 1 aliphatic heterocycles. The minimum atomic E-state index is -2.27. The first-order valence-corrected chi connectivity index (χ1v) is 18.1. The molecule has 4 aliphatic rings. The number of methoxy groups -OCH3 is 1. The normalized spacial score (nSPS) is 40.8. The maximum absolute atomic E-state index is 14.1. The van der Waals surface area contributed by atoms with Crippen LogP contribution in [-0.4, -0.2) is 61.4 Å². The van der Waals surface area contributed by atoms with E-state index in [1.807, 2.05) is 38.1 Å². The molecule has 0 aromatic heterocycles. The highest BCUT2D eigenvalue weighted by Crippen LogP contribution is 2.63. The molecule has 1 unspecified atom stereocenters. The predicted molar refractivity (Wildman–Crippen MR) is 160 cm³/mol. The van der Waals surface area contributed by atoms with Crippen molar-refractivity contribution in [3.05, 3.63) is 42.0 Å². The number of fused-ring (bicyclic) bond motifs is 6. The first-order chi connectivity index (χ1) is 18.9. The van der Waals surface area contributed by atoms with Crippen LogP contribution in [0.15, 0.2) is 36.4 Å². The van der Waals surface area contributed by atoms with Gasteiger partial charge in [-0.1, -0.05) is 65.8 Å². The molecule has 3 aliphatic carbocycles. The summed E-state index contributed by atoms with van der Waals surface area (Å²) in [5, 5.41) is 24.0. The standard InChI is InChI=1S/C33H50O7Si/c1-19-11-16-23(40-41(9,10)30(2,3)4)32(7)24(19)25(34)27(35)33(36)18-17-22(31(33,5)6)26-28(32)39-29(38-26)20-12-14-21(37-8)15-13-20/h12-15,22-26,28-29,34,36H,1,11,16-18H2,2-10H3/t22?,23-,24-,25-,26+,28-,29+,32+,33+/m0/s1. The lowest BCUT2D eigenvalue weighted by Crippen LogP contribution is -2.63. The summed E-state index contributed by atoms with van der Waals surface area (Å²) in [5.74, 6) is -0.585. The van der Waals surface area contributed by atoms with Crippen molar-refractivity contribution >= 4 is 14.1 Å². The quantitative estimate of drug-likeness (QED) is 0.333. The Morgan fingerprint density at radius 1 is 1.07 bits per heavy atom. The molecule has 2 N–H and O–H groups in total. The molecule has 0 spiro atoms. The monoisotopic (exact) mass is 586 g/mol. The minimum absolute atomic E-state index is 0.0332. The number of hydrogen-bond acceptors (Lipinski definition) is 7. The van der Waals surface area contributed by atoms with Crippen LogP contribution in [0.1, 0.15) is 79.1 Å². The van der Waals surface area contributed by atoms with Gasteiger partial charge in [-0.25, -0.2) is 0 Å². The van der Waals surface area contributed by atoms with Gasteiger partial charge in [-0.3, -0.25) is 4.79 Å². The van der Waals surface area contributed by atoms with Crippen LogP contribution in [0, 0.1) is 22.7 Å². The second kappa shape index (κ2) is 9.99. The summed E-state index contributed by atoms with van der Waals surface area (Å²) in [6.07, 6.45) is -1.06. The van der Waals surface area contributed by atoms with Crippen molar-refractivity contribution in [3.8, 4) is 5.75 Å². The Morgan fingerprint density at radius 3 is 2.29 bits per heavy atom. The van der Waals surface area contributed by atoms with Crippen LogP contribution >= 0.6 is 0 Å². The number of carbonyl (C=O) groups is 1. The van der Waals surface area contributed by atoms with Crippen molar-refractivity contribution < 1.29 is 33.6 Å². The third-order valence-corrected chi connectivity index (χ3v) is 16.3. The van der Waals surface area contributed by atoms with Crippen LogP contribution in [0.2, 0.25) is 18.1 Å². The first kappa shape index (κ1) is 30.9. The van der Waals surface area contributed by atoms with Crippen LogP contribution in [0.25, 0.3) is 0 Å². The van der Waals surface area contributed by atoms with E-state index in [1.165, 1.54) is 0 Å². The van der Waals surface area contributed by atoms with Gasteiger partial charge >= 0.3 is 0 Å². The van der Waals surface area contributed by atoms with Crippen LogP contribution in [0.5, 0.6) is 5.75 Å². The molecule has 41 heavy (non-hydrogen) atoms.